The molecule has 1 amide bonds. The molecule has 6 nitrogen and oxygen atoms in total. The van der Waals surface area contributed by atoms with Crippen LogP contribution in [0, 0.1) is 0 Å². The van der Waals surface area contributed by atoms with Gasteiger partial charge in [-0.2, -0.15) is 0 Å². The maximum absolute atomic E-state index is 12.0. The molecule has 0 radical (unpaired) electrons. The van der Waals surface area contributed by atoms with Crippen LogP contribution in [0.2, 0.25) is 0 Å². The number of carbonyl (C=O) groups excluding carboxylic acids is 1. The molecule has 2 heterocycles. The van der Waals surface area contributed by atoms with Crippen LogP contribution in [0.1, 0.15) is 41.7 Å². The van der Waals surface area contributed by atoms with Crippen molar-refractivity contribution in [1.29, 1.82) is 0 Å². The van der Waals surface area contributed by atoms with Gasteiger partial charge in [0, 0.05) is 25.0 Å². The van der Waals surface area contributed by atoms with E-state index in [0.29, 0.717) is 18.3 Å². The first-order valence-corrected chi connectivity index (χ1v) is 7.58. The third-order valence-electron chi connectivity index (χ3n) is 3.81. The molecule has 1 saturated carbocycles. The molecule has 114 valence electrons. The third kappa shape index (κ3) is 3.78. The van der Waals surface area contributed by atoms with Crippen LogP contribution >= 0.6 is 0 Å². The third-order valence-corrected chi connectivity index (χ3v) is 3.81. The summed E-state index contributed by atoms with van der Waals surface area (Å²) in [6, 6.07) is 7.72. The van der Waals surface area contributed by atoms with Gasteiger partial charge in [0.05, 0.1) is 0 Å². The molecule has 0 spiro atoms. The first-order valence-electron chi connectivity index (χ1n) is 7.58. The summed E-state index contributed by atoms with van der Waals surface area (Å²) in [5.74, 6) is 0.509. The van der Waals surface area contributed by atoms with E-state index in [-0.39, 0.29) is 5.91 Å². The lowest BCUT2D eigenvalue weighted by Gasteiger charge is -2.11. The molecular weight excluding hydrogens is 278 g/mol. The highest BCUT2D eigenvalue weighted by Gasteiger charge is 2.15. The first kappa shape index (κ1) is 14.4. The normalized spacial score (nSPS) is 14.7. The maximum Gasteiger partial charge on any atom is 0.272 e. The molecule has 2 aromatic heterocycles. The number of pyridine rings is 1. The molecule has 0 aromatic carbocycles. The zero-order valence-corrected chi connectivity index (χ0v) is 12.3. The van der Waals surface area contributed by atoms with E-state index in [1.807, 2.05) is 18.2 Å². The van der Waals surface area contributed by atoms with Crippen LogP contribution in [0.25, 0.3) is 0 Å². The molecule has 3 rings (SSSR count). The Morgan fingerprint density at radius 3 is 2.55 bits per heavy atom. The number of nitrogens with one attached hydrogen (secondary N) is 2. The van der Waals surface area contributed by atoms with Crippen LogP contribution in [0.4, 0.5) is 5.82 Å². The number of nitrogens with zero attached hydrogens (tertiary/aromatic N) is 3. The van der Waals surface area contributed by atoms with Crippen LogP contribution in [-0.4, -0.2) is 27.1 Å². The van der Waals surface area contributed by atoms with E-state index in [1.54, 1.807) is 18.5 Å². The van der Waals surface area contributed by atoms with Crippen molar-refractivity contribution in [3.8, 4) is 0 Å². The van der Waals surface area contributed by atoms with E-state index < -0.39 is 0 Å². The van der Waals surface area contributed by atoms with Crippen molar-refractivity contribution in [2.45, 2.75) is 38.3 Å². The van der Waals surface area contributed by atoms with E-state index in [2.05, 4.69) is 25.8 Å². The van der Waals surface area contributed by atoms with Crippen molar-refractivity contribution in [2.75, 3.05) is 5.32 Å². The van der Waals surface area contributed by atoms with Gasteiger partial charge in [-0.25, -0.2) is 0 Å². The largest absolute Gasteiger partial charge is 0.366 e. The minimum absolute atomic E-state index is 0.225. The number of hydrogen-bond acceptors (Lipinski definition) is 5. The van der Waals surface area contributed by atoms with E-state index in [9.17, 15) is 4.79 Å². The minimum atomic E-state index is -0.225. The maximum atomic E-state index is 12.0. The summed E-state index contributed by atoms with van der Waals surface area (Å²) < 4.78 is 0. The quantitative estimate of drug-likeness (QED) is 0.884. The lowest BCUT2D eigenvalue weighted by molar-refractivity contribution is 0.0945. The van der Waals surface area contributed by atoms with Gasteiger partial charge in [-0.1, -0.05) is 12.8 Å². The summed E-state index contributed by atoms with van der Waals surface area (Å²) in [5, 5.41) is 14.3. The highest BCUT2D eigenvalue weighted by atomic mass is 16.1. The Bertz CT molecular complexity index is 608. The fourth-order valence-electron chi connectivity index (χ4n) is 2.58. The van der Waals surface area contributed by atoms with E-state index in [4.69, 9.17) is 0 Å². The Hall–Kier alpha value is -2.50. The van der Waals surface area contributed by atoms with Gasteiger partial charge in [0.15, 0.2) is 5.69 Å². The second-order valence-electron chi connectivity index (χ2n) is 5.47. The Balaban J connectivity index is 1.54. The first-order chi connectivity index (χ1) is 10.8. The molecule has 6 heteroatoms. The molecule has 1 fully saturated rings. The highest BCUT2D eigenvalue weighted by Crippen LogP contribution is 2.20. The molecule has 0 unspecified atom stereocenters. The molecular formula is C16H19N5O. The number of anilines is 1. The average Bonchev–Trinajstić information content (AvgIpc) is 3.07. The molecule has 1 aliphatic carbocycles. The van der Waals surface area contributed by atoms with Crippen molar-refractivity contribution in [2.24, 2.45) is 0 Å². The molecule has 0 aliphatic heterocycles. The highest BCUT2D eigenvalue weighted by molar-refractivity contribution is 5.92. The summed E-state index contributed by atoms with van der Waals surface area (Å²) in [5.41, 5.74) is 1.32. The van der Waals surface area contributed by atoms with Gasteiger partial charge in [-0.15, -0.1) is 10.2 Å². The minimum Gasteiger partial charge on any atom is -0.366 e. The lowest BCUT2D eigenvalue weighted by atomic mass is 10.2. The molecule has 0 saturated heterocycles. The molecule has 22 heavy (non-hydrogen) atoms. The van der Waals surface area contributed by atoms with Crippen LogP contribution in [0.15, 0.2) is 36.7 Å². The van der Waals surface area contributed by atoms with Crippen molar-refractivity contribution in [1.82, 2.24) is 20.5 Å². The van der Waals surface area contributed by atoms with Crippen molar-refractivity contribution < 1.29 is 4.79 Å². The molecule has 0 atom stereocenters. The average molecular weight is 297 g/mol. The molecule has 1 aliphatic rings. The summed E-state index contributed by atoms with van der Waals surface area (Å²) >= 11 is 0. The number of aromatic nitrogens is 3. The Morgan fingerprint density at radius 2 is 1.86 bits per heavy atom. The standard InChI is InChI=1S/C16H19N5O/c22-16(18-11-12-7-9-17-10-8-12)14-5-6-15(21-20-14)19-13-3-1-2-4-13/h5-10,13H,1-4,11H2,(H,18,22)(H,19,21). The van der Waals surface area contributed by atoms with Crippen LogP contribution in [0.3, 0.4) is 0 Å². The number of amides is 1. The Morgan fingerprint density at radius 1 is 1.09 bits per heavy atom. The van der Waals surface area contributed by atoms with Gasteiger partial charge < -0.3 is 10.6 Å². The molecule has 2 N–H and O–H groups in total. The summed E-state index contributed by atoms with van der Waals surface area (Å²) in [6.07, 6.45) is 8.28. The van der Waals surface area contributed by atoms with Gasteiger partial charge in [-0.05, 0) is 42.7 Å². The second kappa shape index (κ2) is 6.98. The predicted octanol–water partition coefficient (Wildman–Crippen LogP) is 2.16. The topological polar surface area (TPSA) is 79.8 Å². The fourth-order valence-corrected chi connectivity index (χ4v) is 2.58. The van der Waals surface area contributed by atoms with Crippen LogP contribution < -0.4 is 10.6 Å². The SMILES string of the molecule is O=C(NCc1ccncc1)c1ccc(NC2CCCC2)nn1. The van der Waals surface area contributed by atoms with Gasteiger partial charge >= 0.3 is 0 Å². The van der Waals surface area contributed by atoms with Crippen LogP contribution in [0.5, 0.6) is 0 Å². The van der Waals surface area contributed by atoms with E-state index in [0.717, 1.165) is 11.4 Å². The van der Waals surface area contributed by atoms with Gasteiger partial charge in [0.1, 0.15) is 5.82 Å². The summed E-state index contributed by atoms with van der Waals surface area (Å²) in [7, 11) is 0. The fraction of sp³-hybridized carbons (Fsp3) is 0.375. The Labute approximate surface area is 129 Å². The van der Waals surface area contributed by atoms with Gasteiger partial charge in [0.25, 0.3) is 5.91 Å². The van der Waals surface area contributed by atoms with Crippen molar-refractivity contribution >= 4 is 11.7 Å². The van der Waals surface area contributed by atoms with Crippen LogP contribution in [-0.2, 0) is 6.54 Å². The summed E-state index contributed by atoms with van der Waals surface area (Å²) in [6.45, 7) is 0.450. The predicted molar refractivity (Wildman–Crippen MR) is 83.3 cm³/mol. The van der Waals surface area contributed by atoms with E-state index >= 15 is 0 Å². The van der Waals surface area contributed by atoms with E-state index in [1.165, 1.54) is 25.7 Å². The van der Waals surface area contributed by atoms with Crippen molar-refractivity contribution in [3.63, 3.8) is 0 Å². The number of hydrogen-bond donors (Lipinski definition) is 2. The van der Waals surface area contributed by atoms with Gasteiger partial charge in [-0.3, -0.25) is 9.78 Å². The van der Waals surface area contributed by atoms with Crippen molar-refractivity contribution in [3.05, 3.63) is 47.9 Å². The number of rotatable bonds is 5. The van der Waals surface area contributed by atoms with Gasteiger partial charge in [0.2, 0.25) is 0 Å². The molecule has 0 bridgehead atoms. The lowest BCUT2D eigenvalue weighted by Crippen LogP contribution is -2.24. The summed E-state index contributed by atoms with van der Waals surface area (Å²) in [4.78, 5) is 16.0. The monoisotopic (exact) mass is 297 g/mol. The second-order valence-corrected chi connectivity index (χ2v) is 5.47. The zero-order valence-electron chi connectivity index (χ0n) is 12.3. The molecule has 2 aromatic rings. The smallest absolute Gasteiger partial charge is 0.272 e. The number of carbonyl (C=O) groups is 1. The zero-order chi connectivity index (χ0) is 15.2. The Kier molecular flexibility index (Phi) is 4.58.